The van der Waals surface area contributed by atoms with Crippen LogP contribution in [0, 0.1) is 5.92 Å². The summed E-state index contributed by atoms with van der Waals surface area (Å²) in [5.74, 6) is -1.04. The molecular formula is C13H21N3O2. The molecule has 0 unspecified atom stereocenters. The Balaban J connectivity index is 2.29. The number of imidazole rings is 1. The van der Waals surface area contributed by atoms with E-state index in [-0.39, 0.29) is 17.4 Å². The number of rotatable bonds is 2. The molecule has 1 aromatic rings. The Morgan fingerprint density at radius 1 is 1.44 bits per heavy atom. The van der Waals surface area contributed by atoms with Gasteiger partial charge in [-0.25, -0.2) is 4.98 Å². The summed E-state index contributed by atoms with van der Waals surface area (Å²) < 4.78 is 1.92. The fourth-order valence-corrected chi connectivity index (χ4v) is 2.63. The van der Waals surface area contributed by atoms with Crippen molar-refractivity contribution in [2.75, 3.05) is 13.1 Å². The van der Waals surface area contributed by atoms with E-state index in [1.807, 2.05) is 11.6 Å². The lowest BCUT2D eigenvalue weighted by Crippen LogP contribution is -2.40. The van der Waals surface area contributed by atoms with Gasteiger partial charge in [-0.1, -0.05) is 0 Å². The van der Waals surface area contributed by atoms with Gasteiger partial charge in [0.2, 0.25) is 0 Å². The second kappa shape index (κ2) is 4.39. The van der Waals surface area contributed by atoms with Gasteiger partial charge in [-0.05, 0) is 20.8 Å². The smallest absolute Gasteiger partial charge is 0.308 e. The first kappa shape index (κ1) is 13.1. The molecule has 0 spiro atoms. The highest BCUT2D eigenvalue weighted by Crippen LogP contribution is 2.35. The first-order valence-electron chi connectivity index (χ1n) is 6.25. The van der Waals surface area contributed by atoms with Gasteiger partial charge in [-0.3, -0.25) is 9.69 Å². The first-order chi connectivity index (χ1) is 8.30. The third-order valence-corrected chi connectivity index (χ3v) is 3.82. The van der Waals surface area contributed by atoms with Crippen molar-refractivity contribution in [3.63, 3.8) is 0 Å². The predicted octanol–water partition coefficient (Wildman–Crippen LogP) is 1.32. The van der Waals surface area contributed by atoms with Gasteiger partial charge in [0, 0.05) is 43.5 Å². The number of carboxylic acid groups (broad SMARTS) is 1. The number of aryl methyl sites for hydroxylation is 1. The molecule has 0 amide bonds. The summed E-state index contributed by atoms with van der Waals surface area (Å²) in [5.41, 5.74) is 1.01. The van der Waals surface area contributed by atoms with Crippen LogP contribution in [0.3, 0.4) is 0 Å². The Labute approximate surface area is 107 Å². The van der Waals surface area contributed by atoms with E-state index in [1.165, 1.54) is 0 Å². The van der Waals surface area contributed by atoms with Crippen molar-refractivity contribution in [3.8, 4) is 0 Å². The van der Waals surface area contributed by atoms with E-state index in [4.69, 9.17) is 0 Å². The Bertz CT molecular complexity index is 447. The largest absolute Gasteiger partial charge is 0.481 e. The Hall–Kier alpha value is -1.36. The van der Waals surface area contributed by atoms with Gasteiger partial charge in [-0.15, -0.1) is 0 Å². The number of hydrogen-bond donors (Lipinski definition) is 1. The molecule has 0 aromatic carbocycles. The van der Waals surface area contributed by atoms with Crippen molar-refractivity contribution >= 4 is 5.97 Å². The molecule has 2 heterocycles. The van der Waals surface area contributed by atoms with E-state index < -0.39 is 5.97 Å². The molecule has 0 saturated carbocycles. The molecule has 1 aliphatic rings. The summed E-state index contributed by atoms with van der Waals surface area (Å²) in [6.07, 6.45) is 3.51. The molecule has 100 valence electrons. The van der Waals surface area contributed by atoms with Crippen molar-refractivity contribution in [1.29, 1.82) is 0 Å². The van der Waals surface area contributed by atoms with E-state index in [0.29, 0.717) is 6.54 Å². The van der Waals surface area contributed by atoms with Gasteiger partial charge in [0.1, 0.15) is 0 Å². The molecule has 0 bridgehead atoms. The monoisotopic (exact) mass is 251 g/mol. The maximum Gasteiger partial charge on any atom is 0.308 e. The van der Waals surface area contributed by atoms with Crippen LogP contribution in [-0.2, 0) is 11.8 Å². The van der Waals surface area contributed by atoms with Crippen LogP contribution in [0.2, 0.25) is 0 Å². The SMILES string of the molecule is Cn1cncc1[C@@H]1CN(C(C)(C)C)C[C@H]1C(=O)O. The van der Waals surface area contributed by atoms with Gasteiger partial charge < -0.3 is 9.67 Å². The van der Waals surface area contributed by atoms with Crippen LogP contribution < -0.4 is 0 Å². The highest BCUT2D eigenvalue weighted by molar-refractivity contribution is 5.72. The quantitative estimate of drug-likeness (QED) is 0.861. The molecule has 2 rings (SSSR count). The lowest BCUT2D eigenvalue weighted by molar-refractivity contribution is -0.141. The third kappa shape index (κ3) is 2.27. The van der Waals surface area contributed by atoms with Crippen molar-refractivity contribution in [1.82, 2.24) is 14.5 Å². The van der Waals surface area contributed by atoms with Crippen LogP contribution in [0.15, 0.2) is 12.5 Å². The fourth-order valence-electron chi connectivity index (χ4n) is 2.63. The van der Waals surface area contributed by atoms with Crippen LogP contribution in [-0.4, -0.2) is 44.2 Å². The number of aromatic nitrogens is 2. The maximum absolute atomic E-state index is 11.4. The van der Waals surface area contributed by atoms with E-state index in [0.717, 1.165) is 12.2 Å². The normalized spacial score (nSPS) is 25.6. The Morgan fingerprint density at radius 3 is 2.56 bits per heavy atom. The Morgan fingerprint density at radius 2 is 2.11 bits per heavy atom. The molecule has 0 aliphatic carbocycles. The molecule has 1 aliphatic heterocycles. The number of carboxylic acids is 1. The van der Waals surface area contributed by atoms with Gasteiger partial charge in [0.25, 0.3) is 0 Å². The zero-order valence-corrected chi connectivity index (χ0v) is 11.4. The highest BCUT2D eigenvalue weighted by Gasteiger charge is 2.43. The number of aliphatic carboxylic acids is 1. The molecule has 1 saturated heterocycles. The minimum Gasteiger partial charge on any atom is -0.481 e. The topological polar surface area (TPSA) is 58.4 Å². The molecule has 5 heteroatoms. The summed E-state index contributed by atoms with van der Waals surface area (Å²) in [5, 5.41) is 9.40. The van der Waals surface area contributed by atoms with Gasteiger partial charge in [-0.2, -0.15) is 0 Å². The zero-order valence-electron chi connectivity index (χ0n) is 11.4. The van der Waals surface area contributed by atoms with E-state index in [2.05, 4.69) is 30.7 Å². The molecule has 1 aromatic heterocycles. The first-order valence-corrected chi connectivity index (χ1v) is 6.25. The number of hydrogen-bond acceptors (Lipinski definition) is 3. The van der Waals surface area contributed by atoms with Gasteiger partial charge in [0.05, 0.1) is 12.2 Å². The summed E-state index contributed by atoms with van der Waals surface area (Å²) >= 11 is 0. The third-order valence-electron chi connectivity index (χ3n) is 3.82. The lowest BCUT2D eigenvalue weighted by Gasteiger charge is -2.31. The zero-order chi connectivity index (χ0) is 13.5. The molecule has 5 nitrogen and oxygen atoms in total. The van der Waals surface area contributed by atoms with E-state index in [9.17, 15) is 9.90 Å². The summed E-state index contributed by atoms with van der Waals surface area (Å²) in [6, 6.07) is 0. The number of nitrogens with zero attached hydrogens (tertiary/aromatic N) is 3. The van der Waals surface area contributed by atoms with Crippen molar-refractivity contribution in [2.45, 2.75) is 32.2 Å². The van der Waals surface area contributed by atoms with Crippen LogP contribution >= 0.6 is 0 Å². The summed E-state index contributed by atoms with van der Waals surface area (Å²) in [7, 11) is 1.92. The van der Waals surface area contributed by atoms with Crippen LogP contribution in [0.25, 0.3) is 0 Å². The highest BCUT2D eigenvalue weighted by atomic mass is 16.4. The minimum absolute atomic E-state index is 0.00103. The van der Waals surface area contributed by atoms with Crippen LogP contribution in [0.1, 0.15) is 32.4 Å². The maximum atomic E-state index is 11.4. The minimum atomic E-state index is -0.715. The average molecular weight is 251 g/mol. The van der Waals surface area contributed by atoms with E-state index >= 15 is 0 Å². The van der Waals surface area contributed by atoms with Crippen LogP contribution in [0.5, 0.6) is 0 Å². The molecule has 1 N–H and O–H groups in total. The second-order valence-corrected chi connectivity index (χ2v) is 6.06. The average Bonchev–Trinajstić information content (AvgIpc) is 2.81. The van der Waals surface area contributed by atoms with Gasteiger partial charge in [0.15, 0.2) is 0 Å². The summed E-state index contributed by atoms with van der Waals surface area (Å²) in [4.78, 5) is 17.8. The summed E-state index contributed by atoms with van der Waals surface area (Å²) in [6.45, 7) is 7.75. The fraction of sp³-hybridized carbons (Fsp3) is 0.692. The Kier molecular flexibility index (Phi) is 3.19. The van der Waals surface area contributed by atoms with Crippen molar-refractivity contribution in [2.24, 2.45) is 13.0 Å². The molecule has 18 heavy (non-hydrogen) atoms. The lowest BCUT2D eigenvalue weighted by atomic mass is 9.93. The molecule has 0 radical (unpaired) electrons. The van der Waals surface area contributed by atoms with E-state index in [1.54, 1.807) is 12.5 Å². The van der Waals surface area contributed by atoms with Gasteiger partial charge >= 0.3 is 5.97 Å². The standard InChI is InChI=1S/C13H21N3O2/c1-13(2,3)16-6-9(10(7-16)12(17)18)11-5-14-8-15(11)4/h5,8-10H,6-7H2,1-4H3,(H,17,18)/t9-,10-/m1/s1. The molecule has 2 atom stereocenters. The van der Waals surface area contributed by atoms with Crippen molar-refractivity contribution in [3.05, 3.63) is 18.2 Å². The molecule has 1 fully saturated rings. The van der Waals surface area contributed by atoms with Crippen LogP contribution in [0.4, 0.5) is 0 Å². The second-order valence-electron chi connectivity index (χ2n) is 6.06. The predicted molar refractivity (Wildman–Crippen MR) is 68.4 cm³/mol. The number of carbonyl (C=O) groups is 1. The van der Waals surface area contributed by atoms with Crippen molar-refractivity contribution < 1.29 is 9.90 Å². The number of likely N-dealkylation sites (tertiary alicyclic amines) is 1. The molecular weight excluding hydrogens is 230 g/mol.